The highest BCUT2D eigenvalue weighted by Gasteiger charge is 2.04. The Balaban J connectivity index is 2.09. The predicted molar refractivity (Wildman–Crippen MR) is 82.4 cm³/mol. The Hall–Kier alpha value is -1.51. The van der Waals surface area contributed by atoms with Gasteiger partial charge in [-0.3, -0.25) is 4.79 Å². The first-order chi connectivity index (χ1) is 9.72. The number of ether oxygens (including phenoxy) is 1. The summed E-state index contributed by atoms with van der Waals surface area (Å²) in [5.41, 5.74) is 1.72. The molecule has 2 rings (SSSR count). The fourth-order valence-corrected chi connectivity index (χ4v) is 2.17. The van der Waals surface area contributed by atoms with E-state index in [9.17, 15) is 4.79 Å². The van der Waals surface area contributed by atoms with Crippen molar-refractivity contribution in [3.8, 4) is 11.5 Å². The number of carbonyl (C=O) groups is 1. The molecule has 0 aliphatic heterocycles. The highest BCUT2D eigenvalue weighted by Crippen LogP contribution is 2.23. The summed E-state index contributed by atoms with van der Waals surface area (Å²) in [6.07, 6.45) is 0.807. The number of aryl methyl sites for hydroxylation is 1. The molecule has 0 atom stereocenters. The van der Waals surface area contributed by atoms with Crippen molar-refractivity contribution in [3.63, 3.8) is 0 Å². The Labute approximate surface area is 128 Å². The molecule has 2 aromatic carbocycles. The van der Waals surface area contributed by atoms with Gasteiger partial charge in [0.25, 0.3) is 0 Å². The van der Waals surface area contributed by atoms with Crippen LogP contribution in [0.5, 0.6) is 11.5 Å². The quantitative estimate of drug-likeness (QED) is 0.572. The fraction of sp³-hybridized carbons (Fsp3) is 0.188. The van der Waals surface area contributed by atoms with Crippen LogP contribution in [0.1, 0.15) is 15.9 Å². The van der Waals surface area contributed by atoms with Crippen LogP contribution in [0.25, 0.3) is 0 Å². The Bertz CT molecular complexity index is 579. The number of ketones is 1. The second-order valence-electron chi connectivity index (χ2n) is 4.27. The van der Waals surface area contributed by atoms with Crippen molar-refractivity contribution < 1.29 is 9.53 Å². The molecule has 0 heterocycles. The molecule has 2 aromatic rings. The lowest BCUT2D eigenvalue weighted by Gasteiger charge is -2.07. The van der Waals surface area contributed by atoms with E-state index in [1.807, 2.05) is 24.3 Å². The molecule has 2 nitrogen and oxygen atoms in total. The molecule has 0 amide bonds. The van der Waals surface area contributed by atoms with Crippen molar-refractivity contribution in [2.24, 2.45) is 0 Å². The number of benzene rings is 2. The van der Waals surface area contributed by atoms with Gasteiger partial charge in [-0.25, -0.2) is 0 Å². The van der Waals surface area contributed by atoms with Crippen molar-refractivity contribution in [1.82, 2.24) is 0 Å². The van der Waals surface area contributed by atoms with Crippen LogP contribution in [0.15, 0.2) is 48.5 Å². The number of rotatable bonds is 6. The van der Waals surface area contributed by atoms with E-state index >= 15 is 0 Å². The largest absolute Gasteiger partial charge is 0.457 e. The third-order valence-electron chi connectivity index (χ3n) is 2.81. The molecule has 0 aliphatic rings. The number of hydrogen-bond donors (Lipinski definition) is 0. The van der Waals surface area contributed by atoms with Gasteiger partial charge < -0.3 is 4.74 Å². The van der Waals surface area contributed by atoms with Gasteiger partial charge in [-0.2, -0.15) is 0 Å². The Kier molecular flexibility index (Phi) is 5.45. The van der Waals surface area contributed by atoms with Crippen LogP contribution >= 0.6 is 23.2 Å². The summed E-state index contributed by atoms with van der Waals surface area (Å²) in [5.74, 6) is 1.91. The molecule has 0 saturated carbocycles. The molecule has 0 bridgehead atoms. The Morgan fingerprint density at radius 3 is 2.40 bits per heavy atom. The first kappa shape index (κ1) is 14.9. The maximum absolute atomic E-state index is 11.4. The molecule has 0 saturated heterocycles. The first-order valence-corrected chi connectivity index (χ1v) is 7.32. The first-order valence-electron chi connectivity index (χ1n) is 6.25. The van der Waals surface area contributed by atoms with E-state index in [1.165, 1.54) is 0 Å². The predicted octanol–water partition coefficient (Wildman–Crippen LogP) is 4.68. The highest BCUT2D eigenvalue weighted by molar-refractivity contribution is 6.30. The minimum absolute atomic E-state index is 0.0132. The van der Waals surface area contributed by atoms with Crippen molar-refractivity contribution in [2.75, 3.05) is 11.8 Å². The third-order valence-corrected chi connectivity index (χ3v) is 3.25. The minimum atomic E-state index is -0.0951. The average molecular weight is 309 g/mol. The van der Waals surface area contributed by atoms with Crippen LogP contribution in [0.2, 0.25) is 0 Å². The fourth-order valence-electron chi connectivity index (χ4n) is 1.80. The SMILES string of the molecule is O=C(CCl)c1ccc(Oc2cccc(CCCl)c2)cc1. The van der Waals surface area contributed by atoms with Gasteiger partial charge in [0, 0.05) is 11.4 Å². The van der Waals surface area contributed by atoms with E-state index < -0.39 is 0 Å². The van der Waals surface area contributed by atoms with Gasteiger partial charge in [0.1, 0.15) is 11.5 Å². The van der Waals surface area contributed by atoms with E-state index in [0.29, 0.717) is 17.2 Å². The van der Waals surface area contributed by atoms with E-state index in [4.69, 9.17) is 27.9 Å². The third kappa shape index (κ3) is 3.99. The molecule has 0 N–H and O–H groups in total. The molecule has 0 aromatic heterocycles. The maximum atomic E-state index is 11.4. The topological polar surface area (TPSA) is 26.3 Å². The number of alkyl halides is 2. The molecule has 0 radical (unpaired) electrons. The molecule has 0 fully saturated rings. The number of halogens is 2. The number of carbonyl (C=O) groups excluding carboxylic acids is 1. The molecule has 0 aliphatic carbocycles. The molecule has 0 spiro atoms. The summed E-state index contributed by atoms with van der Waals surface area (Å²) in [6.45, 7) is 0. The van der Waals surface area contributed by atoms with Gasteiger partial charge in [0.2, 0.25) is 0 Å². The molecule has 0 unspecified atom stereocenters. The molecule has 104 valence electrons. The zero-order valence-electron chi connectivity index (χ0n) is 10.8. The van der Waals surface area contributed by atoms with E-state index in [-0.39, 0.29) is 11.7 Å². The van der Waals surface area contributed by atoms with Crippen molar-refractivity contribution in [1.29, 1.82) is 0 Å². The smallest absolute Gasteiger partial charge is 0.177 e. The molecular weight excluding hydrogens is 295 g/mol. The van der Waals surface area contributed by atoms with Crippen molar-refractivity contribution >= 4 is 29.0 Å². The van der Waals surface area contributed by atoms with Gasteiger partial charge in [-0.15, -0.1) is 23.2 Å². The average Bonchev–Trinajstić information content (AvgIpc) is 2.48. The van der Waals surface area contributed by atoms with Crippen LogP contribution in [-0.2, 0) is 6.42 Å². The van der Waals surface area contributed by atoms with Gasteiger partial charge in [0.15, 0.2) is 5.78 Å². The zero-order chi connectivity index (χ0) is 14.4. The summed E-state index contributed by atoms with van der Waals surface area (Å²) in [4.78, 5) is 11.4. The lowest BCUT2D eigenvalue weighted by molar-refractivity contribution is 0.102. The van der Waals surface area contributed by atoms with Gasteiger partial charge >= 0.3 is 0 Å². The van der Waals surface area contributed by atoms with E-state index in [1.54, 1.807) is 24.3 Å². The van der Waals surface area contributed by atoms with Crippen LogP contribution in [0.4, 0.5) is 0 Å². The maximum Gasteiger partial charge on any atom is 0.177 e. The second-order valence-corrected chi connectivity index (χ2v) is 4.91. The summed E-state index contributed by atoms with van der Waals surface area (Å²) in [5, 5.41) is 0. The summed E-state index contributed by atoms with van der Waals surface area (Å²) >= 11 is 11.2. The summed E-state index contributed by atoms with van der Waals surface area (Å²) < 4.78 is 5.75. The van der Waals surface area contributed by atoms with E-state index in [2.05, 4.69) is 0 Å². The van der Waals surface area contributed by atoms with Crippen LogP contribution in [-0.4, -0.2) is 17.5 Å². The van der Waals surface area contributed by atoms with E-state index in [0.717, 1.165) is 17.7 Å². The lowest BCUT2D eigenvalue weighted by Crippen LogP contribution is -1.99. The van der Waals surface area contributed by atoms with Gasteiger partial charge in [-0.1, -0.05) is 12.1 Å². The van der Waals surface area contributed by atoms with Crippen molar-refractivity contribution in [2.45, 2.75) is 6.42 Å². The van der Waals surface area contributed by atoms with Gasteiger partial charge in [-0.05, 0) is 48.4 Å². The summed E-state index contributed by atoms with van der Waals surface area (Å²) in [6, 6.07) is 14.7. The monoisotopic (exact) mass is 308 g/mol. The van der Waals surface area contributed by atoms with Gasteiger partial charge in [0.05, 0.1) is 5.88 Å². The van der Waals surface area contributed by atoms with Crippen molar-refractivity contribution in [3.05, 3.63) is 59.7 Å². The standard InChI is InChI=1S/C16H14Cl2O2/c17-9-8-12-2-1-3-15(10-12)20-14-6-4-13(5-7-14)16(19)11-18/h1-7,10H,8-9,11H2. The normalized spacial score (nSPS) is 10.3. The van der Waals surface area contributed by atoms with Crippen LogP contribution in [0, 0.1) is 0 Å². The Morgan fingerprint density at radius 2 is 1.75 bits per heavy atom. The van der Waals surface area contributed by atoms with Crippen LogP contribution < -0.4 is 4.74 Å². The second kappa shape index (κ2) is 7.32. The molecule has 20 heavy (non-hydrogen) atoms. The Morgan fingerprint density at radius 1 is 1.00 bits per heavy atom. The number of Topliss-reactive ketones (excluding diaryl/α,β-unsaturated/α-hetero) is 1. The highest BCUT2D eigenvalue weighted by atomic mass is 35.5. The zero-order valence-corrected chi connectivity index (χ0v) is 12.3. The summed E-state index contributed by atoms with van der Waals surface area (Å²) in [7, 11) is 0. The lowest BCUT2D eigenvalue weighted by atomic mass is 10.1. The number of hydrogen-bond acceptors (Lipinski definition) is 2. The molecular formula is C16H14Cl2O2. The van der Waals surface area contributed by atoms with Crippen LogP contribution in [0.3, 0.4) is 0 Å². The minimum Gasteiger partial charge on any atom is -0.457 e. The molecule has 4 heteroatoms.